The summed E-state index contributed by atoms with van der Waals surface area (Å²) in [4.78, 5) is 13.5. The topological polar surface area (TPSA) is 32.9 Å². The number of nitrogens with one attached hydrogen (secondary N) is 1. The van der Waals surface area contributed by atoms with Gasteiger partial charge in [0, 0.05) is 11.8 Å². The molecular formula is C12H4Cl2F5NO. The second-order valence-electron chi connectivity index (χ2n) is 3.97. The number of pyridine rings is 1. The highest BCUT2D eigenvalue weighted by molar-refractivity contribution is 6.38. The summed E-state index contributed by atoms with van der Waals surface area (Å²) in [6, 6.07) is 0.207. The Balaban J connectivity index is 2.78. The van der Waals surface area contributed by atoms with Gasteiger partial charge in [-0.05, 0) is 12.1 Å². The van der Waals surface area contributed by atoms with Crippen molar-refractivity contribution < 1.29 is 22.0 Å². The van der Waals surface area contributed by atoms with Crippen LogP contribution in [-0.2, 0) is 6.18 Å². The summed E-state index contributed by atoms with van der Waals surface area (Å²) in [6.45, 7) is 0. The van der Waals surface area contributed by atoms with Crippen molar-refractivity contribution in [2.75, 3.05) is 0 Å². The molecule has 21 heavy (non-hydrogen) atoms. The highest BCUT2D eigenvalue weighted by Crippen LogP contribution is 2.38. The number of rotatable bonds is 1. The largest absolute Gasteiger partial charge is 0.416 e. The summed E-state index contributed by atoms with van der Waals surface area (Å²) < 4.78 is 65.1. The molecule has 9 heteroatoms. The van der Waals surface area contributed by atoms with Gasteiger partial charge in [-0.3, -0.25) is 4.79 Å². The maximum Gasteiger partial charge on any atom is 0.416 e. The number of benzene rings is 1. The molecule has 1 aromatic heterocycles. The first-order valence-corrected chi connectivity index (χ1v) is 6.01. The molecule has 0 atom stereocenters. The lowest BCUT2D eigenvalue weighted by Gasteiger charge is -2.12. The smallest absolute Gasteiger partial charge is 0.326 e. The average Bonchev–Trinajstić information content (AvgIpc) is 2.36. The van der Waals surface area contributed by atoms with Crippen molar-refractivity contribution in [3.05, 3.63) is 55.9 Å². The molecule has 1 aromatic carbocycles. The first-order chi connectivity index (χ1) is 9.62. The fraction of sp³-hybridized carbons (Fsp3) is 0.0833. The molecule has 1 N–H and O–H groups in total. The molecule has 2 rings (SSSR count). The molecule has 2 nitrogen and oxygen atoms in total. The van der Waals surface area contributed by atoms with Gasteiger partial charge in [0.15, 0.2) is 0 Å². The monoisotopic (exact) mass is 343 g/mol. The van der Waals surface area contributed by atoms with Gasteiger partial charge in [-0.15, -0.1) is 0 Å². The van der Waals surface area contributed by atoms with Crippen molar-refractivity contribution in [1.82, 2.24) is 4.98 Å². The normalized spacial score (nSPS) is 11.8. The summed E-state index contributed by atoms with van der Waals surface area (Å²) >= 11 is 11.3. The minimum Gasteiger partial charge on any atom is -0.326 e. The van der Waals surface area contributed by atoms with Crippen LogP contribution >= 0.6 is 23.2 Å². The molecule has 0 bridgehead atoms. The number of aromatic amines is 1. The van der Waals surface area contributed by atoms with Crippen LogP contribution in [0.4, 0.5) is 22.0 Å². The SMILES string of the molecule is O=c1[nH]cc(Cl)c(-c2c(F)cc(C(F)(F)F)cc2F)c1Cl. The van der Waals surface area contributed by atoms with Gasteiger partial charge in [0.25, 0.3) is 5.56 Å². The van der Waals surface area contributed by atoms with E-state index in [0.29, 0.717) is 0 Å². The Morgan fingerprint density at radius 2 is 1.52 bits per heavy atom. The Kier molecular flexibility index (Phi) is 3.99. The minimum absolute atomic E-state index is 0.103. The Labute approximate surface area is 124 Å². The Hall–Kier alpha value is -1.60. The van der Waals surface area contributed by atoms with Crippen LogP contribution in [0.15, 0.2) is 23.1 Å². The summed E-state index contributed by atoms with van der Waals surface area (Å²) in [5.41, 5.74) is -3.79. The highest BCUT2D eigenvalue weighted by Gasteiger charge is 2.33. The number of aromatic nitrogens is 1. The van der Waals surface area contributed by atoms with Gasteiger partial charge in [0.1, 0.15) is 16.7 Å². The fourth-order valence-corrected chi connectivity index (χ4v) is 2.23. The zero-order valence-corrected chi connectivity index (χ0v) is 11.3. The summed E-state index contributed by atoms with van der Waals surface area (Å²) in [5, 5.41) is -0.933. The molecule has 0 aliphatic carbocycles. The molecular weight excluding hydrogens is 340 g/mol. The van der Waals surface area contributed by atoms with Crippen molar-refractivity contribution in [3.8, 4) is 11.1 Å². The standard InChI is InChI=1S/C12H4Cl2F5NO/c13-5-3-20-11(21)10(14)8(5)9-6(15)1-4(2-7(9)16)12(17,18)19/h1-3H,(H,20,21). The fourth-order valence-electron chi connectivity index (χ4n) is 1.69. The maximum absolute atomic E-state index is 13.8. The van der Waals surface area contributed by atoms with E-state index in [1.165, 1.54) is 0 Å². The molecule has 2 aromatic rings. The van der Waals surface area contributed by atoms with E-state index >= 15 is 0 Å². The lowest BCUT2D eigenvalue weighted by atomic mass is 10.0. The molecule has 0 fully saturated rings. The van der Waals surface area contributed by atoms with E-state index in [1.54, 1.807) is 0 Å². The van der Waals surface area contributed by atoms with Crippen LogP contribution in [0.3, 0.4) is 0 Å². The number of halogens is 7. The first-order valence-electron chi connectivity index (χ1n) is 5.26. The molecule has 0 radical (unpaired) electrons. The average molecular weight is 344 g/mol. The Morgan fingerprint density at radius 1 is 1.00 bits per heavy atom. The number of alkyl halides is 3. The van der Waals surface area contributed by atoms with Gasteiger partial charge in [-0.1, -0.05) is 23.2 Å². The van der Waals surface area contributed by atoms with Crippen LogP contribution in [0.1, 0.15) is 5.56 Å². The van der Waals surface area contributed by atoms with E-state index in [-0.39, 0.29) is 17.2 Å². The van der Waals surface area contributed by atoms with E-state index in [1.807, 2.05) is 0 Å². The van der Waals surface area contributed by atoms with Gasteiger partial charge in [-0.2, -0.15) is 13.2 Å². The summed E-state index contributed by atoms with van der Waals surface area (Å²) in [5.74, 6) is -3.06. The lowest BCUT2D eigenvalue weighted by Crippen LogP contribution is -2.10. The Morgan fingerprint density at radius 3 is 2.00 bits per heavy atom. The summed E-state index contributed by atoms with van der Waals surface area (Å²) in [6.07, 6.45) is -3.98. The third-order valence-corrected chi connectivity index (χ3v) is 3.27. The summed E-state index contributed by atoms with van der Waals surface area (Å²) in [7, 11) is 0. The zero-order valence-electron chi connectivity index (χ0n) is 9.79. The van der Waals surface area contributed by atoms with Gasteiger partial charge in [0.2, 0.25) is 0 Å². The van der Waals surface area contributed by atoms with Crippen molar-refractivity contribution in [2.24, 2.45) is 0 Å². The molecule has 0 spiro atoms. The quantitative estimate of drug-likeness (QED) is 0.751. The van der Waals surface area contributed by atoms with Gasteiger partial charge in [-0.25, -0.2) is 8.78 Å². The lowest BCUT2D eigenvalue weighted by molar-refractivity contribution is -0.137. The van der Waals surface area contributed by atoms with Crippen LogP contribution < -0.4 is 5.56 Å². The molecule has 0 saturated heterocycles. The van der Waals surface area contributed by atoms with E-state index in [4.69, 9.17) is 23.2 Å². The predicted molar refractivity (Wildman–Crippen MR) is 67.4 cm³/mol. The van der Waals surface area contributed by atoms with Gasteiger partial charge < -0.3 is 4.98 Å². The number of hydrogen-bond acceptors (Lipinski definition) is 1. The predicted octanol–water partition coefficient (Wildman–Crippen LogP) is 4.65. The van der Waals surface area contributed by atoms with Crippen LogP contribution in [0.2, 0.25) is 10.0 Å². The van der Waals surface area contributed by atoms with Crippen LogP contribution in [-0.4, -0.2) is 4.98 Å². The van der Waals surface area contributed by atoms with Crippen LogP contribution in [0, 0.1) is 11.6 Å². The zero-order chi connectivity index (χ0) is 15.9. The first kappa shape index (κ1) is 15.8. The van der Waals surface area contributed by atoms with Crippen LogP contribution in [0.25, 0.3) is 11.1 Å². The second-order valence-corrected chi connectivity index (χ2v) is 4.75. The molecule has 1 heterocycles. The van der Waals surface area contributed by atoms with Gasteiger partial charge in [0.05, 0.1) is 16.1 Å². The maximum atomic E-state index is 13.8. The van der Waals surface area contributed by atoms with Crippen molar-refractivity contribution in [3.63, 3.8) is 0 Å². The van der Waals surface area contributed by atoms with Crippen molar-refractivity contribution in [2.45, 2.75) is 6.18 Å². The molecule has 0 amide bonds. The van der Waals surface area contributed by atoms with E-state index in [0.717, 1.165) is 6.20 Å². The molecule has 0 unspecified atom stereocenters. The third-order valence-electron chi connectivity index (χ3n) is 2.61. The second kappa shape index (κ2) is 5.31. The number of H-pyrrole nitrogens is 1. The minimum atomic E-state index is -4.91. The Bertz CT molecular complexity index is 746. The molecule has 0 saturated carbocycles. The molecule has 0 aliphatic heterocycles. The highest BCUT2D eigenvalue weighted by atomic mass is 35.5. The van der Waals surface area contributed by atoms with E-state index in [2.05, 4.69) is 4.98 Å². The van der Waals surface area contributed by atoms with E-state index in [9.17, 15) is 26.7 Å². The molecule has 112 valence electrons. The van der Waals surface area contributed by atoms with Crippen molar-refractivity contribution in [1.29, 1.82) is 0 Å². The molecule has 0 aliphatic rings. The van der Waals surface area contributed by atoms with Gasteiger partial charge >= 0.3 is 6.18 Å². The van der Waals surface area contributed by atoms with E-state index < -0.39 is 45.1 Å². The van der Waals surface area contributed by atoms with Crippen molar-refractivity contribution >= 4 is 23.2 Å². The number of hydrogen-bond donors (Lipinski definition) is 1. The third kappa shape index (κ3) is 2.89. The van der Waals surface area contributed by atoms with Crippen LogP contribution in [0.5, 0.6) is 0 Å².